The minimum Gasteiger partial charge on any atom is -0.368 e. The topological polar surface area (TPSA) is 76.0 Å². The number of benzene rings is 1. The second-order valence-electron chi connectivity index (χ2n) is 6.38. The van der Waals surface area contributed by atoms with Crippen LogP contribution in [0.15, 0.2) is 29.3 Å². The SMILES string of the molecule is O=C(N=C1S[C@H]2CS(=O)(=O)C[C@@H]2N1c1ccc(Cl)cc1)[C@@H]1CCCO1. The molecular formula is C16H17ClN2O4S2. The number of amidine groups is 1. The fourth-order valence-corrected chi connectivity index (χ4v) is 7.45. The second kappa shape index (κ2) is 6.57. The molecule has 3 saturated heterocycles. The third-order valence-corrected chi connectivity index (χ3v) is 8.04. The zero-order chi connectivity index (χ0) is 17.6. The number of hydrogen-bond donors (Lipinski definition) is 0. The van der Waals surface area contributed by atoms with Crippen LogP contribution in [0, 0.1) is 0 Å². The van der Waals surface area contributed by atoms with Crippen molar-refractivity contribution in [1.29, 1.82) is 0 Å². The number of hydrogen-bond acceptors (Lipinski definition) is 5. The molecule has 0 radical (unpaired) electrons. The molecule has 0 spiro atoms. The van der Waals surface area contributed by atoms with Gasteiger partial charge in [0.2, 0.25) is 0 Å². The number of amides is 1. The number of carbonyl (C=O) groups is 1. The van der Waals surface area contributed by atoms with Gasteiger partial charge < -0.3 is 9.64 Å². The van der Waals surface area contributed by atoms with Crippen LogP contribution < -0.4 is 4.90 Å². The number of ether oxygens (including phenoxy) is 1. The number of rotatable bonds is 2. The van der Waals surface area contributed by atoms with Crippen molar-refractivity contribution in [3.05, 3.63) is 29.3 Å². The Hall–Kier alpha value is -1.09. The Bertz CT molecular complexity index is 819. The van der Waals surface area contributed by atoms with Crippen LogP contribution in [0.5, 0.6) is 0 Å². The monoisotopic (exact) mass is 400 g/mol. The molecule has 0 saturated carbocycles. The maximum atomic E-state index is 12.4. The summed E-state index contributed by atoms with van der Waals surface area (Å²) in [6, 6.07) is 6.92. The Morgan fingerprint density at radius 2 is 2.04 bits per heavy atom. The largest absolute Gasteiger partial charge is 0.368 e. The van der Waals surface area contributed by atoms with Crippen molar-refractivity contribution in [2.45, 2.75) is 30.2 Å². The summed E-state index contributed by atoms with van der Waals surface area (Å²) < 4.78 is 29.5. The molecule has 1 amide bonds. The van der Waals surface area contributed by atoms with Crippen molar-refractivity contribution in [2.75, 3.05) is 23.0 Å². The molecule has 3 aliphatic rings. The van der Waals surface area contributed by atoms with Crippen molar-refractivity contribution in [1.82, 2.24) is 0 Å². The summed E-state index contributed by atoms with van der Waals surface area (Å²) in [5, 5.41) is 1.03. The maximum Gasteiger partial charge on any atom is 0.277 e. The minimum absolute atomic E-state index is 0.0699. The van der Waals surface area contributed by atoms with Gasteiger partial charge in [-0.05, 0) is 37.1 Å². The van der Waals surface area contributed by atoms with Gasteiger partial charge in [-0.2, -0.15) is 4.99 Å². The van der Waals surface area contributed by atoms with Crippen LogP contribution in [-0.2, 0) is 19.4 Å². The smallest absolute Gasteiger partial charge is 0.277 e. The van der Waals surface area contributed by atoms with E-state index in [4.69, 9.17) is 16.3 Å². The fourth-order valence-electron chi connectivity index (χ4n) is 3.41. The first-order valence-electron chi connectivity index (χ1n) is 8.09. The van der Waals surface area contributed by atoms with E-state index in [1.807, 2.05) is 17.0 Å². The van der Waals surface area contributed by atoms with Gasteiger partial charge >= 0.3 is 0 Å². The lowest BCUT2D eigenvalue weighted by Gasteiger charge is -2.24. The van der Waals surface area contributed by atoms with Gasteiger partial charge in [0.1, 0.15) is 6.10 Å². The molecule has 1 aromatic carbocycles. The molecule has 4 rings (SSSR count). The third kappa shape index (κ3) is 3.45. The molecule has 6 nitrogen and oxygen atoms in total. The predicted octanol–water partition coefficient (Wildman–Crippen LogP) is 2.12. The highest BCUT2D eigenvalue weighted by Gasteiger charge is 2.49. The average molecular weight is 401 g/mol. The predicted molar refractivity (Wildman–Crippen MR) is 99.2 cm³/mol. The molecule has 25 heavy (non-hydrogen) atoms. The molecule has 3 fully saturated rings. The Labute approximate surface area is 155 Å². The van der Waals surface area contributed by atoms with E-state index in [2.05, 4.69) is 4.99 Å². The van der Waals surface area contributed by atoms with Gasteiger partial charge in [0.05, 0.1) is 17.5 Å². The van der Waals surface area contributed by atoms with Crippen LogP contribution >= 0.6 is 23.4 Å². The van der Waals surface area contributed by atoms with E-state index in [-0.39, 0.29) is 28.7 Å². The van der Waals surface area contributed by atoms with Gasteiger partial charge in [-0.25, -0.2) is 8.42 Å². The first-order chi connectivity index (χ1) is 11.9. The molecule has 0 bridgehead atoms. The summed E-state index contributed by atoms with van der Waals surface area (Å²) >= 11 is 7.33. The van der Waals surface area contributed by atoms with Crippen LogP contribution in [-0.4, -0.2) is 55.0 Å². The number of sulfone groups is 1. The number of nitrogens with zero attached hydrogens (tertiary/aromatic N) is 2. The Balaban J connectivity index is 1.68. The van der Waals surface area contributed by atoms with E-state index in [1.165, 1.54) is 11.8 Å². The van der Waals surface area contributed by atoms with E-state index in [9.17, 15) is 13.2 Å². The Kier molecular flexibility index (Phi) is 4.56. The van der Waals surface area contributed by atoms with Crippen LogP contribution in [0.25, 0.3) is 0 Å². The molecular weight excluding hydrogens is 384 g/mol. The normalized spacial score (nSPS) is 32.3. The highest BCUT2D eigenvalue weighted by atomic mass is 35.5. The molecule has 9 heteroatoms. The van der Waals surface area contributed by atoms with Gasteiger partial charge in [-0.3, -0.25) is 4.79 Å². The molecule has 134 valence electrons. The zero-order valence-electron chi connectivity index (χ0n) is 13.3. The summed E-state index contributed by atoms with van der Waals surface area (Å²) in [5.74, 6) is -0.109. The summed E-state index contributed by atoms with van der Waals surface area (Å²) in [4.78, 5) is 18.5. The van der Waals surface area contributed by atoms with E-state index >= 15 is 0 Å². The first-order valence-corrected chi connectivity index (χ1v) is 11.2. The number of aliphatic imine (C=N–C) groups is 1. The molecule has 0 N–H and O–H groups in total. The average Bonchev–Trinajstić information content (AvgIpc) is 3.23. The number of halogens is 1. The third-order valence-electron chi connectivity index (χ3n) is 4.58. The number of thioether (sulfide) groups is 1. The lowest BCUT2D eigenvalue weighted by molar-refractivity contribution is -0.126. The highest BCUT2D eigenvalue weighted by molar-refractivity contribution is 8.16. The summed E-state index contributed by atoms with van der Waals surface area (Å²) in [5.41, 5.74) is 0.792. The van der Waals surface area contributed by atoms with Crippen LogP contribution in [0.4, 0.5) is 5.69 Å². The molecule has 3 aliphatic heterocycles. The van der Waals surface area contributed by atoms with Crippen LogP contribution in [0.2, 0.25) is 5.02 Å². The lowest BCUT2D eigenvalue weighted by atomic mass is 10.2. The van der Waals surface area contributed by atoms with E-state index < -0.39 is 15.9 Å². The first kappa shape index (κ1) is 17.3. The van der Waals surface area contributed by atoms with E-state index in [0.717, 1.165) is 12.1 Å². The maximum absolute atomic E-state index is 12.4. The Morgan fingerprint density at radius 3 is 2.72 bits per heavy atom. The number of carbonyl (C=O) groups excluding carboxylic acids is 1. The Morgan fingerprint density at radius 1 is 1.28 bits per heavy atom. The van der Waals surface area contributed by atoms with Gasteiger partial charge in [-0.15, -0.1) is 0 Å². The molecule has 0 aliphatic carbocycles. The van der Waals surface area contributed by atoms with Gasteiger partial charge in [0.25, 0.3) is 5.91 Å². The molecule has 0 aromatic heterocycles. The molecule has 3 heterocycles. The standard InChI is InChI=1S/C16H17ClN2O4S2/c17-10-3-5-11(6-4-10)19-12-8-25(21,22)9-14(12)24-16(19)18-15(20)13-2-1-7-23-13/h3-6,12-14H,1-2,7-9H2/t12-,13-,14-/m0/s1. The van der Waals surface area contributed by atoms with Gasteiger partial charge in [-0.1, -0.05) is 23.4 Å². The highest BCUT2D eigenvalue weighted by Crippen LogP contribution is 2.41. The van der Waals surface area contributed by atoms with Crippen molar-refractivity contribution in [3.63, 3.8) is 0 Å². The van der Waals surface area contributed by atoms with Gasteiger partial charge in [0.15, 0.2) is 15.0 Å². The molecule has 3 atom stereocenters. The number of anilines is 1. The van der Waals surface area contributed by atoms with Crippen LogP contribution in [0.3, 0.4) is 0 Å². The summed E-state index contributed by atoms with van der Waals surface area (Å²) in [6.07, 6.45) is 1.06. The zero-order valence-corrected chi connectivity index (χ0v) is 15.7. The van der Waals surface area contributed by atoms with Crippen molar-refractivity contribution in [3.8, 4) is 0 Å². The van der Waals surface area contributed by atoms with Crippen molar-refractivity contribution in [2.24, 2.45) is 4.99 Å². The quantitative estimate of drug-likeness (QED) is 0.756. The van der Waals surface area contributed by atoms with E-state index in [1.54, 1.807) is 12.1 Å². The molecule has 1 aromatic rings. The van der Waals surface area contributed by atoms with Crippen molar-refractivity contribution < 1.29 is 17.9 Å². The van der Waals surface area contributed by atoms with Gasteiger partial charge in [0, 0.05) is 22.6 Å². The summed E-state index contributed by atoms with van der Waals surface area (Å²) in [6.45, 7) is 0.582. The molecule has 0 unspecified atom stereocenters. The van der Waals surface area contributed by atoms with Crippen LogP contribution in [0.1, 0.15) is 12.8 Å². The summed E-state index contributed by atoms with van der Waals surface area (Å²) in [7, 11) is -3.08. The van der Waals surface area contributed by atoms with Crippen molar-refractivity contribution >= 4 is 50.0 Å². The lowest BCUT2D eigenvalue weighted by Crippen LogP contribution is -2.38. The van der Waals surface area contributed by atoms with E-state index in [0.29, 0.717) is 23.2 Å². The second-order valence-corrected chi connectivity index (χ2v) is 10.2. The number of fused-ring (bicyclic) bond motifs is 1. The fraction of sp³-hybridized carbons (Fsp3) is 0.500. The minimum atomic E-state index is -3.08.